The van der Waals surface area contributed by atoms with Gasteiger partial charge in [0.25, 0.3) is 5.91 Å². The Morgan fingerprint density at radius 3 is 3.16 bits per heavy atom. The number of hydrogen-bond donors (Lipinski definition) is 2. The van der Waals surface area contributed by atoms with E-state index in [2.05, 4.69) is 10.3 Å². The molecular formula is C14H16N2OS2. The van der Waals surface area contributed by atoms with Crippen LogP contribution in [0.15, 0.2) is 30.5 Å². The Kier molecular flexibility index (Phi) is 4.03. The molecule has 1 aromatic carbocycles. The molecule has 0 aliphatic carbocycles. The molecule has 1 amide bonds. The number of hydrogen-bond acceptors (Lipinski definition) is 3. The first-order valence-corrected chi connectivity index (χ1v) is 8.58. The summed E-state index contributed by atoms with van der Waals surface area (Å²) in [5.74, 6) is 3.59. The van der Waals surface area contributed by atoms with Gasteiger partial charge < -0.3 is 10.3 Å². The number of thioether (sulfide) groups is 2. The fraction of sp³-hybridized carbons (Fsp3) is 0.357. The summed E-state index contributed by atoms with van der Waals surface area (Å²) in [5.41, 5.74) is 1.77. The summed E-state index contributed by atoms with van der Waals surface area (Å²) in [6.07, 6.45) is 1.87. The van der Waals surface area contributed by atoms with E-state index in [-0.39, 0.29) is 5.91 Å². The maximum absolute atomic E-state index is 12.3. The second kappa shape index (κ2) is 5.92. The average molecular weight is 292 g/mol. The molecule has 3 nitrogen and oxygen atoms in total. The highest BCUT2D eigenvalue weighted by Crippen LogP contribution is 2.23. The van der Waals surface area contributed by atoms with Crippen molar-refractivity contribution in [2.24, 2.45) is 0 Å². The molecule has 1 unspecified atom stereocenters. The topological polar surface area (TPSA) is 44.9 Å². The molecule has 2 N–H and O–H groups in total. The van der Waals surface area contributed by atoms with Gasteiger partial charge in [0, 0.05) is 51.7 Å². The van der Waals surface area contributed by atoms with Crippen molar-refractivity contribution in [2.45, 2.75) is 5.25 Å². The molecule has 1 saturated heterocycles. The fourth-order valence-electron chi connectivity index (χ4n) is 2.24. The lowest BCUT2D eigenvalue weighted by atomic mass is 10.1. The SMILES string of the molecule is O=C(NCC1CSCCS1)c1cccc2[nH]ccc12. The molecule has 0 radical (unpaired) electrons. The van der Waals surface area contributed by atoms with Crippen molar-refractivity contribution in [3.63, 3.8) is 0 Å². The van der Waals surface area contributed by atoms with E-state index < -0.39 is 0 Å². The van der Waals surface area contributed by atoms with Crippen LogP contribution >= 0.6 is 23.5 Å². The van der Waals surface area contributed by atoms with Gasteiger partial charge in [-0.15, -0.1) is 0 Å². The average Bonchev–Trinajstić information content (AvgIpc) is 2.94. The summed E-state index contributed by atoms with van der Waals surface area (Å²) in [5, 5.41) is 4.60. The van der Waals surface area contributed by atoms with Crippen LogP contribution in [0.3, 0.4) is 0 Å². The van der Waals surface area contributed by atoms with Crippen molar-refractivity contribution in [3.05, 3.63) is 36.0 Å². The number of amides is 1. The van der Waals surface area contributed by atoms with Crippen molar-refractivity contribution >= 4 is 40.3 Å². The molecule has 3 rings (SSSR count). The molecule has 2 heterocycles. The Morgan fingerprint density at radius 2 is 2.32 bits per heavy atom. The van der Waals surface area contributed by atoms with Gasteiger partial charge in [0.05, 0.1) is 0 Å². The summed E-state index contributed by atoms with van der Waals surface area (Å²) < 4.78 is 0. The van der Waals surface area contributed by atoms with Crippen molar-refractivity contribution in [2.75, 3.05) is 23.8 Å². The Morgan fingerprint density at radius 1 is 1.37 bits per heavy atom. The predicted octanol–water partition coefficient (Wildman–Crippen LogP) is 2.75. The lowest BCUT2D eigenvalue weighted by Crippen LogP contribution is -2.33. The summed E-state index contributed by atoms with van der Waals surface area (Å²) in [6, 6.07) is 7.74. The third-order valence-corrected chi connectivity index (χ3v) is 6.06. The number of aromatic nitrogens is 1. The number of H-pyrrole nitrogens is 1. The quantitative estimate of drug-likeness (QED) is 0.914. The van der Waals surface area contributed by atoms with E-state index in [0.717, 1.165) is 28.8 Å². The van der Waals surface area contributed by atoms with Crippen LogP contribution in [0.25, 0.3) is 10.9 Å². The minimum Gasteiger partial charge on any atom is -0.361 e. The minimum atomic E-state index is 0.0290. The highest BCUT2D eigenvalue weighted by atomic mass is 32.2. The van der Waals surface area contributed by atoms with E-state index in [0.29, 0.717) is 5.25 Å². The van der Waals surface area contributed by atoms with Gasteiger partial charge in [-0.2, -0.15) is 23.5 Å². The predicted molar refractivity (Wildman–Crippen MR) is 84.2 cm³/mol. The number of nitrogens with one attached hydrogen (secondary N) is 2. The van der Waals surface area contributed by atoms with E-state index in [1.807, 2.05) is 54.0 Å². The second-order valence-electron chi connectivity index (χ2n) is 4.52. The first kappa shape index (κ1) is 12.9. The summed E-state index contributed by atoms with van der Waals surface area (Å²) in [6.45, 7) is 0.761. The summed E-state index contributed by atoms with van der Waals surface area (Å²) >= 11 is 3.94. The molecule has 1 aliphatic heterocycles. The maximum Gasteiger partial charge on any atom is 0.252 e. The zero-order valence-electron chi connectivity index (χ0n) is 10.5. The third kappa shape index (κ3) is 2.92. The van der Waals surface area contributed by atoms with E-state index in [9.17, 15) is 4.79 Å². The summed E-state index contributed by atoms with van der Waals surface area (Å²) in [4.78, 5) is 15.4. The lowest BCUT2D eigenvalue weighted by Gasteiger charge is -2.21. The van der Waals surface area contributed by atoms with E-state index in [4.69, 9.17) is 0 Å². The van der Waals surface area contributed by atoms with Crippen molar-refractivity contribution in [1.29, 1.82) is 0 Å². The Labute approximate surface area is 120 Å². The monoisotopic (exact) mass is 292 g/mol. The highest BCUT2D eigenvalue weighted by Gasteiger charge is 2.16. The molecule has 1 atom stereocenters. The van der Waals surface area contributed by atoms with Gasteiger partial charge in [0.2, 0.25) is 0 Å². The molecular weight excluding hydrogens is 276 g/mol. The molecule has 100 valence electrons. The molecule has 0 bridgehead atoms. The second-order valence-corrected chi connectivity index (χ2v) is 7.08. The van der Waals surface area contributed by atoms with Gasteiger partial charge in [-0.3, -0.25) is 4.79 Å². The molecule has 1 fully saturated rings. The van der Waals surface area contributed by atoms with Gasteiger partial charge >= 0.3 is 0 Å². The molecule has 2 aromatic rings. The smallest absolute Gasteiger partial charge is 0.252 e. The van der Waals surface area contributed by atoms with Crippen LogP contribution < -0.4 is 5.32 Å². The van der Waals surface area contributed by atoms with Crippen molar-refractivity contribution < 1.29 is 4.79 Å². The Hall–Kier alpha value is -1.07. The van der Waals surface area contributed by atoms with Gasteiger partial charge in [-0.05, 0) is 18.2 Å². The van der Waals surface area contributed by atoms with Crippen LogP contribution in [0.2, 0.25) is 0 Å². The first-order valence-electron chi connectivity index (χ1n) is 6.38. The molecule has 1 aromatic heterocycles. The third-order valence-electron chi connectivity index (χ3n) is 3.21. The molecule has 0 spiro atoms. The van der Waals surface area contributed by atoms with Gasteiger partial charge in [-0.25, -0.2) is 0 Å². The number of carbonyl (C=O) groups is 1. The Balaban J connectivity index is 1.68. The van der Waals surface area contributed by atoms with Gasteiger partial charge in [0.1, 0.15) is 0 Å². The number of benzene rings is 1. The van der Waals surface area contributed by atoms with E-state index in [1.165, 1.54) is 11.5 Å². The number of rotatable bonds is 3. The summed E-state index contributed by atoms with van der Waals surface area (Å²) in [7, 11) is 0. The van der Waals surface area contributed by atoms with Gasteiger partial charge in [0.15, 0.2) is 0 Å². The van der Waals surface area contributed by atoms with Crippen molar-refractivity contribution in [1.82, 2.24) is 10.3 Å². The number of aromatic amines is 1. The normalized spacial score (nSPS) is 19.5. The Bertz CT molecular complexity index is 576. The first-order chi connectivity index (χ1) is 9.34. The van der Waals surface area contributed by atoms with Crippen LogP contribution in [-0.4, -0.2) is 39.9 Å². The van der Waals surface area contributed by atoms with Gasteiger partial charge in [-0.1, -0.05) is 6.07 Å². The molecule has 5 heteroatoms. The minimum absolute atomic E-state index is 0.0290. The fourth-order valence-corrected chi connectivity index (χ4v) is 4.85. The largest absolute Gasteiger partial charge is 0.361 e. The zero-order valence-corrected chi connectivity index (χ0v) is 12.2. The zero-order chi connectivity index (χ0) is 13.1. The molecule has 19 heavy (non-hydrogen) atoms. The van der Waals surface area contributed by atoms with Crippen LogP contribution in [-0.2, 0) is 0 Å². The van der Waals surface area contributed by atoms with Crippen LogP contribution in [0.5, 0.6) is 0 Å². The van der Waals surface area contributed by atoms with Crippen molar-refractivity contribution in [3.8, 4) is 0 Å². The lowest BCUT2D eigenvalue weighted by molar-refractivity contribution is 0.0956. The molecule has 1 aliphatic rings. The number of fused-ring (bicyclic) bond motifs is 1. The van der Waals surface area contributed by atoms with Crippen LogP contribution in [0.4, 0.5) is 0 Å². The van der Waals surface area contributed by atoms with Crippen LogP contribution in [0, 0.1) is 0 Å². The molecule has 0 saturated carbocycles. The van der Waals surface area contributed by atoms with E-state index in [1.54, 1.807) is 0 Å². The maximum atomic E-state index is 12.3. The van der Waals surface area contributed by atoms with Crippen LogP contribution in [0.1, 0.15) is 10.4 Å². The number of carbonyl (C=O) groups excluding carboxylic acids is 1. The standard InChI is InChI=1S/C14H16N2OS2/c17-14(16-8-10-9-18-6-7-19-10)12-2-1-3-13-11(12)4-5-15-13/h1-5,10,15H,6-9H2,(H,16,17). The highest BCUT2D eigenvalue weighted by molar-refractivity contribution is 8.06. The van der Waals surface area contributed by atoms with E-state index >= 15 is 0 Å².